The molecule has 0 spiro atoms. The zero-order valence-corrected chi connectivity index (χ0v) is 15.2. The molecule has 1 aromatic carbocycles. The Morgan fingerprint density at radius 1 is 1.27 bits per heavy atom. The van der Waals surface area contributed by atoms with Gasteiger partial charge in [0.25, 0.3) is 0 Å². The fourth-order valence-corrected chi connectivity index (χ4v) is 4.08. The minimum atomic E-state index is -4.52. The summed E-state index contributed by atoms with van der Waals surface area (Å²) in [5.41, 5.74) is 0.0136. The summed E-state index contributed by atoms with van der Waals surface area (Å²) in [6.45, 7) is -0.0187. The molecular formula is C16H17ClF3N3O2S. The van der Waals surface area contributed by atoms with Gasteiger partial charge in [0, 0.05) is 23.2 Å². The van der Waals surface area contributed by atoms with E-state index in [1.807, 2.05) is 0 Å². The molecule has 1 heterocycles. The highest BCUT2D eigenvalue weighted by atomic mass is 35.5. The van der Waals surface area contributed by atoms with E-state index in [4.69, 9.17) is 11.6 Å². The van der Waals surface area contributed by atoms with Crippen molar-refractivity contribution in [3.8, 4) is 0 Å². The van der Waals surface area contributed by atoms with Gasteiger partial charge in [-0.05, 0) is 30.5 Å². The van der Waals surface area contributed by atoms with E-state index in [2.05, 4.69) is 9.82 Å². The van der Waals surface area contributed by atoms with Gasteiger partial charge in [0.15, 0.2) is 5.69 Å². The summed E-state index contributed by atoms with van der Waals surface area (Å²) in [5, 5.41) is 3.94. The standard InChI is InChI=1S/C16H17ClF3N3O2S/c17-13-4-2-1-3-12(13)10-26(24,25)21-7-8-23-14(11-5-6-11)9-15(22-23)16(18,19)20/h1-4,9,11,21H,5-8,10H2. The number of hydrogen-bond donors (Lipinski definition) is 1. The predicted octanol–water partition coefficient (Wildman–Crippen LogP) is 3.55. The summed E-state index contributed by atoms with van der Waals surface area (Å²) in [4.78, 5) is 0. The van der Waals surface area contributed by atoms with Gasteiger partial charge in [-0.25, -0.2) is 13.1 Å². The van der Waals surface area contributed by atoms with Gasteiger partial charge in [0.05, 0.1) is 12.3 Å². The zero-order valence-electron chi connectivity index (χ0n) is 13.6. The Morgan fingerprint density at radius 3 is 2.58 bits per heavy atom. The molecule has 0 atom stereocenters. The van der Waals surface area contributed by atoms with E-state index in [0.717, 1.165) is 18.9 Å². The van der Waals surface area contributed by atoms with Crippen LogP contribution in [0.25, 0.3) is 0 Å². The number of aromatic nitrogens is 2. The Labute approximate surface area is 154 Å². The first-order valence-electron chi connectivity index (χ1n) is 8.01. The minimum Gasteiger partial charge on any atom is -0.267 e. The molecule has 1 aromatic heterocycles. The second-order valence-electron chi connectivity index (χ2n) is 6.19. The highest BCUT2D eigenvalue weighted by molar-refractivity contribution is 7.88. The topological polar surface area (TPSA) is 64.0 Å². The van der Waals surface area contributed by atoms with Gasteiger partial charge >= 0.3 is 6.18 Å². The smallest absolute Gasteiger partial charge is 0.267 e. The molecule has 3 rings (SSSR count). The Balaban J connectivity index is 1.64. The number of benzene rings is 1. The van der Waals surface area contributed by atoms with Gasteiger partial charge in [-0.3, -0.25) is 4.68 Å². The summed E-state index contributed by atoms with van der Waals surface area (Å²) < 4.78 is 66.5. The summed E-state index contributed by atoms with van der Waals surface area (Å²) in [6, 6.07) is 7.63. The van der Waals surface area contributed by atoms with E-state index in [-0.39, 0.29) is 24.8 Å². The van der Waals surface area contributed by atoms with E-state index in [9.17, 15) is 21.6 Å². The maximum Gasteiger partial charge on any atom is 0.435 e. The molecular weight excluding hydrogens is 391 g/mol. The quantitative estimate of drug-likeness (QED) is 0.763. The number of rotatable bonds is 7. The monoisotopic (exact) mass is 407 g/mol. The maximum atomic E-state index is 12.9. The summed E-state index contributed by atoms with van der Waals surface area (Å²) in [7, 11) is -3.66. The molecule has 1 saturated carbocycles. The number of alkyl halides is 3. The molecule has 0 bridgehead atoms. The van der Waals surface area contributed by atoms with Crippen LogP contribution in [0.5, 0.6) is 0 Å². The number of nitrogens with zero attached hydrogens (tertiary/aromatic N) is 2. The van der Waals surface area contributed by atoms with Crippen LogP contribution >= 0.6 is 11.6 Å². The van der Waals surface area contributed by atoms with E-state index < -0.39 is 21.9 Å². The Kier molecular flexibility index (Phi) is 5.32. The first kappa shape index (κ1) is 19.2. The highest BCUT2D eigenvalue weighted by Gasteiger charge is 2.37. The third-order valence-corrected chi connectivity index (χ3v) is 5.75. The fourth-order valence-electron chi connectivity index (χ4n) is 2.63. The van der Waals surface area contributed by atoms with Crippen molar-refractivity contribution in [3.63, 3.8) is 0 Å². The molecule has 1 aliphatic rings. The molecule has 10 heteroatoms. The second kappa shape index (κ2) is 7.21. The molecule has 142 valence electrons. The molecule has 1 aliphatic carbocycles. The Hall–Kier alpha value is -1.58. The average molecular weight is 408 g/mol. The van der Waals surface area contributed by atoms with Crippen LogP contribution in [0.3, 0.4) is 0 Å². The van der Waals surface area contributed by atoms with Gasteiger partial charge < -0.3 is 0 Å². The first-order valence-corrected chi connectivity index (χ1v) is 10.0. The lowest BCUT2D eigenvalue weighted by atomic mass is 10.2. The molecule has 0 aliphatic heterocycles. The van der Waals surface area contributed by atoms with Crippen LogP contribution in [-0.4, -0.2) is 24.7 Å². The van der Waals surface area contributed by atoms with Gasteiger partial charge in [-0.1, -0.05) is 29.8 Å². The lowest BCUT2D eigenvalue weighted by molar-refractivity contribution is -0.141. The number of hydrogen-bond acceptors (Lipinski definition) is 3. The minimum absolute atomic E-state index is 0.0314. The van der Waals surface area contributed by atoms with E-state index >= 15 is 0 Å². The molecule has 0 amide bonds. The van der Waals surface area contributed by atoms with Crippen LogP contribution in [-0.2, 0) is 28.5 Å². The summed E-state index contributed by atoms with van der Waals surface area (Å²) in [5.74, 6) is -0.229. The van der Waals surface area contributed by atoms with Crippen molar-refractivity contribution >= 4 is 21.6 Å². The normalized spacial score (nSPS) is 15.4. The summed E-state index contributed by atoms with van der Waals surface area (Å²) >= 11 is 5.96. The van der Waals surface area contributed by atoms with Crippen molar-refractivity contribution in [1.82, 2.24) is 14.5 Å². The number of halogens is 4. The predicted molar refractivity (Wildman–Crippen MR) is 91.3 cm³/mol. The van der Waals surface area contributed by atoms with Crippen molar-refractivity contribution in [2.24, 2.45) is 0 Å². The molecule has 0 radical (unpaired) electrons. The van der Waals surface area contributed by atoms with Crippen molar-refractivity contribution in [3.05, 3.63) is 52.3 Å². The van der Waals surface area contributed by atoms with Crippen LogP contribution in [0.1, 0.15) is 35.7 Å². The van der Waals surface area contributed by atoms with Gasteiger partial charge in [-0.2, -0.15) is 18.3 Å². The van der Waals surface area contributed by atoms with Crippen LogP contribution in [0.15, 0.2) is 30.3 Å². The zero-order chi connectivity index (χ0) is 18.9. The molecule has 5 nitrogen and oxygen atoms in total. The van der Waals surface area contributed by atoms with Gasteiger partial charge in [-0.15, -0.1) is 0 Å². The Morgan fingerprint density at radius 2 is 1.96 bits per heavy atom. The molecule has 0 saturated heterocycles. The molecule has 1 N–H and O–H groups in total. The molecule has 2 aromatic rings. The van der Waals surface area contributed by atoms with E-state index in [1.165, 1.54) is 4.68 Å². The molecule has 26 heavy (non-hydrogen) atoms. The largest absolute Gasteiger partial charge is 0.435 e. The lowest BCUT2D eigenvalue weighted by Crippen LogP contribution is -2.29. The highest BCUT2D eigenvalue weighted by Crippen LogP contribution is 2.42. The SMILES string of the molecule is O=S(=O)(Cc1ccccc1Cl)NCCn1nc(C(F)(F)F)cc1C1CC1. The third kappa shape index (κ3) is 4.77. The molecule has 0 unspecified atom stereocenters. The van der Waals surface area contributed by atoms with Crippen molar-refractivity contribution < 1.29 is 21.6 Å². The number of nitrogens with one attached hydrogen (secondary N) is 1. The molecule has 1 fully saturated rings. The average Bonchev–Trinajstić information content (AvgIpc) is 3.28. The van der Waals surface area contributed by atoms with Crippen LogP contribution in [0.4, 0.5) is 13.2 Å². The van der Waals surface area contributed by atoms with Crippen LogP contribution in [0, 0.1) is 0 Å². The van der Waals surface area contributed by atoms with Gasteiger partial charge in [0.2, 0.25) is 10.0 Å². The number of sulfonamides is 1. The maximum absolute atomic E-state index is 12.9. The second-order valence-corrected chi connectivity index (χ2v) is 8.41. The van der Waals surface area contributed by atoms with Crippen molar-refractivity contribution in [1.29, 1.82) is 0 Å². The van der Waals surface area contributed by atoms with Crippen LogP contribution in [0.2, 0.25) is 5.02 Å². The Bertz CT molecular complexity index is 892. The van der Waals surface area contributed by atoms with Crippen LogP contribution < -0.4 is 4.72 Å². The van der Waals surface area contributed by atoms with E-state index in [1.54, 1.807) is 24.3 Å². The van der Waals surface area contributed by atoms with E-state index in [0.29, 0.717) is 16.3 Å². The van der Waals surface area contributed by atoms with Crippen molar-refractivity contribution in [2.45, 2.75) is 37.2 Å². The lowest BCUT2D eigenvalue weighted by Gasteiger charge is -2.10. The first-order chi connectivity index (χ1) is 12.2. The fraction of sp³-hybridized carbons (Fsp3) is 0.438. The van der Waals surface area contributed by atoms with Crippen molar-refractivity contribution in [2.75, 3.05) is 6.54 Å². The summed E-state index contributed by atoms with van der Waals surface area (Å²) in [6.07, 6.45) is -2.87. The third-order valence-electron chi connectivity index (χ3n) is 4.05. The van der Waals surface area contributed by atoms with Gasteiger partial charge in [0.1, 0.15) is 0 Å².